The molecule has 0 aromatic heterocycles. The zero-order valence-corrected chi connectivity index (χ0v) is 14.9. The second-order valence-electron chi connectivity index (χ2n) is 6.89. The number of carbonyl (C=O) groups is 3. The third-order valence-corrected chi connectivity index (χ3v) is 4.56. The minimum Gasteiger partial charge on any atom is -0.449 e. The Morgan fingerprint density at radius 3 is 2.68 bits per heavy atom. The summed E-state index contributed by atoms with van der Waals surface area (Å²) in [5.41, 5.74) is 1.68. The molecule has 0 fully saturated rings. The van der Waals surface area contributed by atoms with Gasteiger partial charge in [-0.2, -0.15) is 0 Å². The molecule has 0 saturated carbocycles. The van der Waals surface area contributed by atoms with E-state index in [9.17, 15) is 19.5 Å². The van der Waals surface area contributed by atoms with Crippen molar-refractivity contribution in [2.75, 3.05) is 0 Å². The third-order valence-electron chi connectivity index (χ3n) is 4.56. The molecule has 5 heteroatoms. The number of ketones is 2. The van der Waals surface area contributed by atoms with Crippen LogP contribution in [0.2, 0.25) is 0 Å². The van der Waals surface area contributed by atoms with E-state index in [-0.39, 0.29) is 30.3 Å². The number of hydrogen-bond donors (Lipinski definition) is 1. The standard InChI is InChI=1S/C20H26O5/c1-13-7-3-4-8-15-9-5-6-10-17(15)19(25-20(13)24)18(23)12-16(22)11-14(2)21/h5-6,9-10,13,16,19,22H,3-4,7-8,11-12H2,1-2H3/t13-,16-,19-/m0/s1. The Kier molecular flexibility index (Phi) is 6.88. The molecule has 2 rings (SSSR count). The van der Waals surface area contributed by atoms with E-state index in [1.54, 1.807) is 6.07 Å². The first kappa shape index (κ1) is 19.3. The van der Waals surface area contributed by atoms with Gasteiger partial charge in [-0.25, -0.2) is 0 Å². The molecule has 136 valence electrons. The number of Topliss-reactive ketones (excluding diaryl/α,β-unsaturated/α-hetero) is 2. The summed E-state index contributed by atoms with van der Waals surface area (Å²) in [5.74, 6) is -1.21. The smallest absolute Gasteiger partial charge is 0.309 e. The number of ether oxygens (including phenoxy) is 1. The molecule has 25 heavy (non-hydrogen) atoms. The fourth-order valence-corrected chi connectivity index (χ4v) is 3.18. The zero-order valence-electron chi connectivity index (χ0n) is 14.9. The lowest BCUT2D eigenvalue weighted by Gasteiger charge is -2.24. The number of cyclic esters (lactones) is 1. The lowest BCUT2D eigenvalue weighted by atomic mass is 9.91. The number of esters is 1. The van der Waals surface area contributed by atoms with Gasteiger partial charge in [0.2, 0.25) is 0 Å². The van der Waals surface area contributed by atoms with Gasteiger partial charge in [-0.15, -0.1) is 0 Å². The Morgan fingerprint density at radius 1 is 1.24 bits per heavy atom. The maximum absolute atomic E-state index is 12.7. The SMILES string of the molecule is CC(=O)C[C@H](O)CC(=O)[C@H]1OC(=O)[C@@H](C)CCCCc2ccccc21. The molecule has 1 aromatic rings. The molecule has 1 aromatic carbocycles. The summed E-state index contributed by atoms with van der Waals surface area (Å²) in [4.78, 5) is 36.2. The van der Waals surface area contributed by atoms with Crippen molar-refractivity contribution < 1.29 is 24.2 Å². The van der Waals surface area contributed by atoms with Crippen molar-refractivity contribution >= 4 is 17.5 Å². The highest BCUT2D eigenvalue weighted by molar-refractivity contribution is 5.88. The fraction of sp³-hybridized carbons (Fsp3) is 0.550. The van der Waals surface area contributed by atoms with Gasteiger partial charge in [0, 0.05) is 18.4 Å². The molecule has 0 radical (unpaired) electrons. The average molecular weight is 346 g/mol. The van der Waals surface area contributed by atoms with Crippen LogP contribution in [0, 0.1) is 5.92 Å². The first-order chi connectivity index (χ1) is 11.9. The lowest BCUT2D eigenvalue weighted by molar-refractivity contribution is -0.160. The summed E-state index contributed by atoms with van der Waals surface area (Å²) in [6, 6.07) is 7.46. The molecule has 1 aliphatic heterocycles. The van der Waals surface area contributed by atoms with E-state index in [4.69, 9.17) is 4.74 Å². The average Bonchev–Trinajstić information content (AvgIpc) is 2.55. The maximum Gasteiger partial charge on any atom is 0.309 e. The first-order valence-corrected chi connectivity index (χ1v) is 8.87. The summed E-state index contributed by atoms with van der Waals surface area (Å²) in [7, 11) is 0. The van der Waals surface area contributed by atoms with Crippen LogP contribution in [0.1, 0.15) is 63.2 Å². The molecule has 0 saturated heterocycles. The van der Waals surface area contributed by atoms with Crippen LogP contribution >= 0.6 is 0 Å². The monoisotopic (exact) mass is 346 g/mol. The molecular weight excluding hydrogens is 320 g/mol. The number of carbonyl (C=O) groups excluding carboxylic acids is 3. The molecule has 0 unspecified atom stereocenters. The van der Waals surface area contributed by atoms with Crippen molar-refractivity contribution in [3.63, 3.8) is 0 Å². The van der Waals surface area contributed by atoms with Gasteiger partial charge in [0.1, 0.15) is 5.78 Å². The van der Waals surface area contributed by atoms with E-state index in [2.05, 4.69) is 0 Å². The normalized spacial score (nSPS) is 22.4. The quantitative estimate of drug-likeness (QED) is 0.829. The van der Waals surface area contributed by atoms with E-state index < -0.39 is 18.2 Å². The van der Waals surface area contributed by atoms with Crippen molar-refractivity contribution in [1.29, 1.82) is 0 Å². The first-order valence-electron chi connectivity index (χ1n) is 8.87. The lowest BCUT2D eigenvalue weighted by Crippen LogP contribution is -2.28. The van der Waals surface area contributed by atoms with Gasteiger partial charge in [-0.3, -0.25) is 14.4 Å². The van der Waals surface area contributed by atoms with E-state index in [1.165, 1.54) is 6.92 Å². The van der Waals surface area contributed by atoms with Crippen LogP contribution in [-0.4, -0.2) is 28.7 Å². The van der Waals surface area contributed by atoms with Gasteiger partial charge in [0.15, 0.2) is 11.9 Å². The summed E-state index contributed by atoms with van der Waals surface area (Å²) < 4.78 is 5.55. The predicted octanol–water partition coefficient (Wildman–Crippen LogP) is 2.93. The van der Waals surface area contributed by atoms with Gasteiger partial charge in [-0.1, -0.05) is 37.6 Å². The van der Waals surface area contributed by atoms with Crippen LogP contribution < -0.4 is 0 Å². The molecule has 1 heterocycles. The highest BCUT2D eigenvalue weighted by Gasteiger charge is 2.30. The number of benzene rings is 1. The van der Waals surface area contributed by atoms with Crippen LogP contribution in [0.3, 0.4) is 0 Å². The summed E-state index contributed by atoms with van der Waals surface area (Å²) in [5, 5.41) is 9.93. The van der Waals surface area contributed by atoms with Gasteiger partial charge in [0.05, 0.1) is 12.0 Å². The van der Waals surface area contributed by atoms with E-state index in [0.717, 1.165) is 31.2 Å². The molecule has 0 aliphatic carbocycles. The van der Waals surface area contributed by atoms with Crippen molar-refractivity contribution in [2.45, 2.75) is 64.6 Å². The molecule has 0 bridgehead atoms. The van der Waals surface area contributed by atoms with E-state index >= 15 is 0 Å². The number of aryl methyl sites for hydroxylation is 1. The minimum absolute atomic E-state index is 0.0789. The van der Waals surface area contributed by atoms with Crippen LogP contribution in [0.15, 0.2) is 24.3 Å². The topological polar surface area (TPSA) is 80.7 Å². The number of fused-ring (bicyclic) bond motifs is 1. The van der Waals surface area contributed by atoms with Crippen molar-refractivity contribution in [2.24, 2.45) is 5.92 Å². The highest BCUT2D eigenvalue weighted by Crippen LogP contribution is 2.29. The van der Waals surface area contributed by atoms with Crippen molar-refractivity contribution in [3.05, 3.63) is 35.4 Å². The molecular formula is C20H26O5. The van der Waals surface area contributed by atoms with Crippen LogP contribution in [0.5, 0.6) is 0 Å². The van der Waals surface area contributed by atoms with Gasteiger partial charge < -0.3 is 9.84 Å². The Hall–Kier alpha value is -2.01. The van der Waals surface area contributed by atoms with Crippen LogP contribution in [0.25, 0.3) is 0 Å². The highest BCUT2D eigenvalue weighted by atomic mass is 16.5. The van der Waals surface area contributed by atoms with Crippen LogP contribution in [0.4, 0.5) is 0 Å². The summed E-state index contributed by atoms with van der Waals surface area (Å²) in [6.07, 6.45) is 1.07. The predicted molar refractivity (Wildman–Crippen MR) is 92.9 cm³/mol. The Balaban J connectivity index is 2.28. The third kappa shape index (κ3) is 5.49. The molecule has 1 aliphatic rings. The van der Waals surface area contributed by atoms with E-state index in [1.807, 2.05) is 25.1 Å². The molecule has 0 amide bonds. The Labute approximate surface area is 148 Å². The number of rotatable bonds is 5. The number of aliphatic hydroxyl groups excluding tert-OH is 1. The number of hydrogen-bond acceptors (Lipinski definition) is 5. The van der Waals surface area contributed by atoms with Crippen molar-refractivity contribution in [3.8, 4) is 0 Å². The molecule has 1 N–H and O–H groups in total. The summed E-state index contributed by atoms with van der Waals surface area (Å²) >= 11 is 0. The van der Waals surface area contributed by atoms with Gasteiger partial charge in [-0.05, 0) is 31.7 Å². The molecule has 3 atom stereocenters. The van der Waals surface area contributed by atoms with Gasteiger partial charge >= 0.3 is 5.97 Å². The minimum atomic E-state index is -1.05. The second kappa shape index (κ2) is 8.90. The zero-order chi connectivity index (χ0) is 18.4. The number of aliphatic hydroxyl groups is 1. The second-order valence-corrected chi connectivity index (χ2v) is 6.89. The molecule has 5 nitrogen and oxygen atoms in total. The van der Waals surface area contributed by atoms with Crippen LogP contribution in [-0.2, 0) is 25.5 Å². The fourth-order valence-electron chi connectivity index (χ4n) is 3.18. The largest absolute Gasteiger partial charge is 0.449 e. The van der Waals surface area contributed by atoms with Gasteiger partial charge in [0.25, 0.3) is 0 Å². The summed E-state index contributed by atoms with van der Waals surface area (Å²) in [6.45, 7) is 3.18. The Morgan fingerprint density at radius 2 is 1.96 bits per heavy atom. The molecule has 0 spiro atoms. The Bertz CT molecular complexity index is 637. The van der Waals surface area contributed by atoms with Crippen molar-refractivity contribution in [1.82, 2.24) is 0 Å². The van der Waals surface area contributed by atoms with E-state index in [0.29, 0.717) is 5.56 Å². The maximum atomic E-state index is 12.7.